The van der Waals surface area contributed by atoms with Gasteiger partial charge in [-0.3, -0.25) is 4.90 Å². The quantitative estimate of drug-likeness (QED) is 0.274. The number of carbonyl (C=O) groups is 1. The van der Waals surface area contributed by atoms with E-state index in [1.807, 2.05) is 49.4 Å². The molecule has 4 atom stereocenters. The van der Waals surface area contributed by atoms with Crippen molar-refractivity contribution in [2.45, 2.75) is 51.2 Å². The third-order valence-corrected chi connectivity index (χ3v) is 9.03. The molecule has 0 bridgehead atoms. The summed E-state index contributed by atoms with van der Waals surface area (Å²) in [7, 11) is 1.44. The number of urea groups is 1. The first-order valence-corrected chi connectivity index (χ1v) is 14.4. The number of hydrogen-bond acceptors (Lipinski definition) is 2. The maximum absolute atomic E-state index is 14.1. The van der Waals surface area contributed by atoms with Gasteiger partial charge in [-0.2, -0.15) is 26.3 Å². The minimum Gasteiger partial charge on any atom is -0.321 e. The molecule has 0 spiro atoms. The van der Waals surface area contributed by atoms with Crippen LogP contribution in [0.15, 0.2) is 72.8 Å². The van der Waals surface area contributed by atoms with Crippen LogP contribution in [0.3, 0.4) is 0 Å². The van der Waals surface area contributed by atoms with Crippen LogP contribution < -0.4 is 0 Å². The van der Waals surface area contributed by atoms with Crippen molar-refractivity contribution in [1.82, 2.24) is 14.7 Å². The molecular formula is C33H35F6N3O. The molecule has 0 aliphatic carbocycles. The Balaban J connectivity index is 1.45. The Labute approximate surface area is 247 Å². The lowest BCUT2D eigenvalue weighted by atomic mass is 9.78. The topological polar surface area (TPSA) is 26.8 Å². The molecule has 3 aromatic carbocycles. The van der Waals surface area contributed by atoms with Gasteiger partial charge >= 0.3 is 18.4 Å². The van der Waals surface area contributed by atoms with Crippen molar-refractivity contribution >= 4 is 6.03 Å². The Kier molecular flexibility index (Phi) is 8.53. The molecule has 2 aliphatic rings. The average Bonchev–Trinajstić information content (AvgIpc) is 3.37. The highest BCUT2D eigenvalue weighted by molar-refractivity contribution is 5.75. The lowest BCUT2D eigenvalue weighted by Crippen LogP contribution is -2.51. The summed E-state index contributed by atoms with van der Waals surface area (Å²) in [6, 6.07) is 17.8. The molecule has 0 N–H and O–H groups in total. The minimum atomic E-state index is -4.97. The molecule has 2 amide bonds. The van der Waals surface area contributed by atoms with Gasteiger partial charge in [0, 0.05) is 39.1 Å². The van der Waals surface area contributed by atoms with E-state index in [-0.39, 0.29) is 23.6 Å². The van der Waals surface area contributed by atoms with Crippen molar-refractivity contribution in [3.63, 3.8) is 0 Å². The van der Waals surface area contributed by atoms with E-state index in [1.165, 1.54) is 24.4 Å². The minimum absolute atomic E-state index is 0.109. The predicted molar refractivity (Wildman–Crippen MR) is 152 cm³/mol. The van der Waals surface area contributed by atoms with Crippen LogP contribution in [-0.2, 0) is 18.9 Å². The Hall–Kier alpha value is -3.53. The molecular weight excluding hydrogens is 568 g/mol. The van der Waals surface area contributed by atoms with Crippen LogP contribution in [0.25, 0.3) is 0 Å². The Bertz CT molecular complexity index is 1410. The lowest BCUT2D eigenvalue weighted by molar-refractivity contribution is -0.143. The zero-order chi connectivity index (χ0) is 31.1. The van der Waals surface area contributed by atoms with E-state index in [0.717, 1.165) is 37.2 Å². The standard InChI is InChI=1S/C33H35F6N3O/c1-21-9-7-8-12-28(21)30-29-20-41(18-23-10-5-4-6-11-23)19-24(29)13-14-42(30)31(43)40(3)22(2)25-15-26(32(34,35)36)17-27(16-25)33(37,38)39/h4-12,15-17,22,24,29-30H,13-14,18-20H2,1-3H3/t22-,24-,29-,30+/m1/s1. The number of likely N-dealkylation sites (tertiary alicyclic amines) is 2. The van der Waals surface area contributed by atoms with E-state index in [1.54, 1.807) is 4.90 Å². The Morgan fingerprint density at radius 2 is 1.51 bits per heavy atom. The van der Waals surface area contributed by atoms with Gasteiger partial charge in [0.05, 0.1) is 23.2 Å². The molecule has 4 nitrogen and oxygen atoms in total. The normalized spacial score (nSPS) is 21.9. The van der Waals surface area contributed by atoms with Crippen molar-refractivity contribution in [3.8, 4) is 0 Å². The first-order valence-electron chi connectivity index (χ1n) is 14.4. The van der Waals surface area contributed by atoms with E-state index in [9.17, 15) is 31.1 Å². The SMILES string of the molecule is Cc1ccccc1[C@H]1[C@@H]2CN(Cc3ccccc3)C[C@H]2CCN1C(=O)N(C)[C@H](C)c1cc(C(F)(F)F)cc(C(F)(F)F)c1. The number of hydrogen-bond donors (Lipinski definition) is 0. The number of benzene rings is 3. The number of carbonyl (C=O) groups excluding carboxylic acids is 1. The zero-order valence-corrected chi connectivity index (χ0v) is 24.3. The summed E-state index contributed by atoms with van der Waals surface area (Å²) in [6.45, 7) is 6.33. The van der Waals surface area contributed by atoms with Crippen LogP contribution in [0.2, 0.25) is 0 Å². The molecule has 0 saturated carbocycles. The zero-order valence-electron chi connectivity index (χ0n) is 24.3. The van der Waals surface area contributed by atoms with Crippen LogP contribution in [0.1, 0.15) is 58.8 Å². The highest BCUT2D eigenvalue weighted by Crippen LogP contribution is 2.46. The molecule has 0 radical (unpaired) electrons. The summed E-state index contributed by atoms with van der Waals surface area (Å²) >= 11 is 0. The second-order valence-corrected chi connectivity index (χ2v) is 11.8. The summed E-state index contributed by atoms with van der Waals surface area (Å²) in [5.41, 5.74) is 0.216. The molecule has 0 aromatic heterocycles. The Morgan fingerprint density at radius 1 is 0.907 bits per heavy atom. The van der Waals surface area contributed by atoms with Crippen LogP contribution in [-0.4, -0.2) is 47.4 Å². The van der Waals surface area contributed by atoms with Crippen molar-refractivity contribution < 1.29 is 31.1 Å². The van der Waals surface area contributed by atoms with Gasteiger partial charge in [0.1, 0.15) is 0 Å². The first-order chi connectivity index (χ1) is 20.2. The second kappa shape index (κ2) is 11.9. The molecule has 2 heterocycles. The number of piperidine rings is 1. The highest BCUT2D eigenvalue weighted by atomic mass is 19.4. The van der Waals surface area contributed by atoms with Gasteiger partial charge < -0.3 is 9.80 Å². The maximum atomic E-state index is 14.1. The van der Waals surface area contributed by atoms with Crippen LogP contribution in [0, 0.1) is 18.8 Å². The molecule has 2 aliphatic heterocycles. The van der Waals surface area contributed by atoms with E-state index < -0.39 is 35.6 Å². The molecule has 0 unspecified atom stereocenters. The maximum Gasteiger partial charge on any atom is 0.416 e. The van der Waals surface area contributed by atoms with Crippen molar-refractivity contribution in [1.29, 1.82) is 0 Å². The molecule has 5 rings (SSSR count). The van der Waals surface area contributed by atoms with Crippen LogP contribution in [0.5, 0.6) is 0 Å². The van der Waals surface area contributed by atoms with E-state index >= 15 is 0 Å². The fourth-order valence-electron chi connectivity index (χ4n) is 6.64. The number of aryl methyl sites for hydroxylation is 1. The van der Waals surface area contributed by atoms with Crippen molar-refractivity contribution in [2.75, 3.05) is 26.7 Å². The largest absolute Gasteiger partial charge is 0.416 e. The van der Waals surface area contributed by atoms with Gasteiger partial charge in [-0.1, -0.05) is 54.6 Å². The average molecular weight is 604 g/mol. The molecule has 10 heteroatoms. The summed E-state index contributed by atoms with van der Waals surface area (Å²) < 4.78 is 81.4. The van der Waals surface area contributed by atoms with Gasteiger partial charge in [0.25, 0.3) is 0 Å². The van der Waals surface area contributed by atoms with E-state index in [0.29, 0.717) is 24.6 Å². The lowest BCUT2D eigenvalue weighted by Gasteiger charge is -2.45. The molecule has 2 saturated heterocycles. The molecule has 2 fully saturated rings. The predicted octanol–water partition coefficient (Wildman–Crippen LogP) is 8.34. The smallest absolute Gasteiger partial charge is 0.321 e. The van der Waals surface area contributed by atoms with Crippen LogP contribution >= 0.6 is 0 Å². The van der Waals surface area contributed by atoms with Gasteiger partial charge in [-0.05, 0) is 66.6 Å². The number of alkyl halides is 6. The number of nitrogens with zero attached hydrogens (tertiary/aromatic N) is 3. The number of halogens is 6. The fraction of sp³-hybridized carbons (Fsp3) is 0.424. The van der Waals surface area contributed by atoms with Crippen molar-refractivity contribution in [3.05, 3.63) is 106 Å². The van der Waals surface area contributed by atoms with Gasteiger partial charge in [-0.15, -0.1) is 0 Å². The van der Waals surface area contributed by atoms with Gasteiger partial charge in [0.15, 0.2) is 0 Å². The second-order valence-electron chi connectivity index (χ2n) is 11.8. The summed E-state index contributed by atoms with van der Waals surface area (Å²) in [6.07, 6.45) is -9.18. The summed E-state index contributed by atoms with van der Waals surface area (Å²) in [5.74, 6) is 0.467. The fourth-order valence-corrected chi connectivity index (χ4v) is 6.64. The number of amides is 2. The molecule has 230 valence electrons. The third kappa shape index (κ3) is 6.54. The van der Waals surface area contributed by atoms with E-state index in [2.05, 4.69) is 17.0 Å². The number of fused-ring (bicyclic) bond motifs is 1. The summed E-state index contributed by atoms with van der Waals surface area (Å²) in [4.78, 5) is 19.6. The first kappa shape index (κ1) is 30.9. The van der Waals surface area contributed by atoms with Gasteiger partial charge in [0.2, 0.25) is 0 Å². The number of rotatable bonds is 5. The Morgan fingerprint density at radius 3 is 2.12 bits per heavy atom. The highest BCUT2D eigenvalue weighted by Gasteiger charge is 2.47. The third-order valence-electron chi connectivity index (χ3n) is 9.03. The van der Waals surface area contributed by atoms with E-state index in [4.69, 9.17) is 0 Å². The van der Waals surface area contributed by atoms with Gasteiger partial charge in [-0.25, -0.2) is 4.79 Å². The van der Waals surface area contributed by atoms with Crippen molar-refractivity contribution in [2.24, 2.45) is 11.8 Å². The monoisotopic (exact) mass is 603 g/mol. The molecule has 43 heavy (non-hydrogen) atoms. The molecule has 3 aromatic rings. The summed E-state index contributed by atoms with van der Waals surface area (Å²) in [5, 5.41) is 0. The van der Waals surface area contributed by atoms with Crippen LogP contribution in [0.4, 0.5) is 31.1 Å².